The number of carbonyl (C=O) groups excluding carboxylic acids is 1. The highest BCUT2D eigenvalue weighted by Gasteiger charge is 2.27. The van der Waals surface area contributed by atoms with E-state index in [0.29, 0.717) is 10.6 Å². The van der Waals surface area contributed by atoms with Gasteiger partial charge in [0.25, 0.3) is 0 Å². The first-order valence-corrected chi connectivity index (χ1v) is 7.30. The van der Waals surface area contributed by atoms with Crippen molar-refractivity contribution in [1.82, 2.24) is 0 Å². The molecule has 2 atom stereocenters. The molecule has 0 N–H and O–H groups in total. The van der Waals surface area contributed by atoms with Crippen molar-refractivity contribution in [2.75, 3.05) is 0 Å². The van der Waals surface area contributed by atoms with Crippen LogP contribution < -0.4 is 0 Å². The lowest BCUT2D eigenvalue weighted by atomic mass is 9.77. The van der Waals surface area contributed by atoms with Gasteiger partial charge in [-0.1, -0.05) is 43.9 Å². The summed E-state index contributed by atoms with van der Waals surface area (Å²) in [6, 6.07) is 5.74. The van der Waals surface area contributed by atoms with Gasteiger partial charge in [-0.05, 0) is 43.4 Å². The zero-order valence-corrected chi connectivity index (χ0v) is 12.0. The molecular weight excluding hydrogens is 244 g/mol. The van der Waals surface area contributed by atoms with Crippen molar-refractivity contribution in [2.45, 2.75) is 46.0 Å². The number of aryl methyl sites for hydroxylation is 1. The Hall–Kier alpha value is -0.820. The first kappa shape index (κ1) is 13.6. The molecule has 0 bridgehead atoms. The molecule has 1 aliphatic rings. The summed E-state index contributed by atoms with van der Waals surface area (Å²) in [6.45, 7) is 4.21. The fourth-order valence-electron chi connectivity index (χ4n) is 2.94. The van der Waals surface area contributed by atoms with Crippen molar-refractivity contribution < 1.29 is 4.79 Å². The highest BCUT2D eigenvalue weighted by atomic mass is 35.5. The van der Waals surface area contributed by atoms with Gasteiger partial charge in [0.2, 0.25) is 0 Å². The van der Waals surface area contributed by atoms with Crippen LogP contribution >= 0.6 is 11.6 Å². The number of halogens is 1. The molecule has 18 heavy (non-hydrogen) atoms. The van der Waals surface area contributed by atoms with Crippen LogP contribution in [0.2, 0.25) is 5.02 Å². The maximum atomic E-state index is 12.5. The zero-order chi connectivity index (χ0) is 13.1. The first-order valence-electron chi connectivity index (χ1n) is 6.92. The minimum atomic E-state index is 0.184. The lowest BCUT2D eigenvalue weighted by Gasteiger charge is -2.27. The minimum Gasteiger partial charge on any atom is -0.294 e. The van der Waals surface area contributed by atoms with Crippen LogP contribution in [0.3, 0.4) is 0 Å². The summed E-state index contributed by atoms with van der Waals surface area (Å²) < 4.78 is 0. The molecule has 0 amide bonds. The van der Waals surface area contributed by atoms with Gasteiger partial charge in [-0.2, -0.15) is 0 Å². The van der Waals surface area contributed by atoms with Gasteiger partial charge in [0.1, 0.15) is 0 Å². The fraction of sp³-hybridized carbons (Fsp3) is 0.562. The van der Waals surface area contributed by atoms with E-state index in [9.17, 15) is 4.79 Å². The molecule has 2 unspecified atom stereocenters. The molecule has 1 nitrogen and oxygen atoms in total. The van der Waals surface area contributed by atoms with E-state index in [1.165, 1.54) is 19.3 Å². The largest absolute Gasteiger partial charge is 0.294 e. The number of benzene rings is 1. The summed E-state index contributed by atoms with van der Waals surface area (Å²) in [5.41, 5.74) is 1.82. The Morgan fingerprint density at radius 2 is 2.17 bits per heavy atom. The summed E-state index contributed by atoms with van der Waals surface area (Å²) in [5, 5.41) is 0.610. The normalized spacial score (nSPS) is 23.9. The van der Waals surface area contributed by atoms with Crippen LogP contribution in [0.15, 0.2) is 18.2 Å². The summed E-state index contributed by atoms with van der Waals surface area (Å²) >= 11 is 6.19. The third kappa shape index (κ3) is 2.95. The average molecular weight is 265 g/mol. The lowest BCUT2D eigenvalue weighted by Crippen LogP contribution is -2.23. The molecule has 0 saturated heterocycles. The molecule has 0 radical (unpaired) electrons. The number of carbonyl (C=O) groups is 1. The maximum Gasteiger partial charge on any atom is 0.167 e. The molecule has 1 aromatic rings. The van der Waals surface area contributed by atoms with Gasteiger partial charge in [0, 0.05) is 11.5 Å². The predicted molar refractivity (Wildman–Crippen MR) is 76.3 cm³/mol. The number of Topliss-reactive ketones (excluding diaryl/α,β-unsaturated/α-hetero) is 1. The van der Waals surface area contributed by atoms with Crippen molar-refractivity contribution >= 4 is 17.4 Å². The van der Waals surface area contributed by atoms with Gasteiger partial charge >= 0.3 is 0 Å². The summed E-state index contributed by atoms with van der Waals surface area (Å²) in [4.78, 5) is 12.5. The lowest BCUT2D eigenvalue weighted by molar-refractivity contribution is 0.0862. The van der Waals surface area contributed by atoms with Crippen molar-refractivity contribution in [3.8, 4) is 0 Å². The first-order chi connectivity index (χ1) is 8.61. The Morgan fingerprint density at radius 3 is 2.83 bits per heavy atom. The van der Waals surface area contributed by atoms with Crippen LogP contribution in [0.5, 0.6) is 0 Å². The third-order valence-corrected chi connectivity index (χ3v) is 4.43. The molecule has 0 spiro atoms. The molecule has 1 aliphatic carbocycles. The molecular formula is C16H21ClO. The summed E-state index contributed by atoms with van der Waals surface area (Å²) in [6.07, 6.45) is 5.71. The van der Waals surface area contributed by atoms with Crippen LogP contribution in [-0.4, -0.2) is 5.78 Å². The Morgan fingerprint density at radius 1 is 1.39 bits per heavy atom. The highest BCUT2D eigenvalue weighted by molar-refractivity contribution is 6.34. The van der Waals surface area contributed by atoms with E-state index < -0.39 is 0 Å². The van der Waals surface area contributed by atoms with Crippen molar-refractivity contribution in [2.24, 2.45) is 11.8 Å². The Balaban J connectivity index is 2.15. The fourth-order valence-corrected chi connectivity index (χ4v) is 3.27. The second-order valence-electron chi connectivity index (χ2n) is 5.49. The van der Waals surface area contributed by atoms with Gasteiger partial charge < -0.3 is 0 Å². The van der Waals surface area contributed by atoms with Gasteiger partial charge in [-0.15, -0.1) is 0 Å². The van der Waals surface area contributed by atoms with Crippen molar-refractivity contribution in [3.05, 3.63) is 34.3 Å². The Labute approximate surface area is 115 Å². The van der Waals surface area contributed by atoms with E-state index >= 15 is 0 Å². The number of ketones is 1. The van der Waals surface area contributed by atoms with E-state index in [2.05, 4.69) is 6.92 Å². The molecule has 1 fully saturated rings. The van der Waals surface area contributed by atoms with E-state index in [-0.39, 0.29) is 11.7 Å². The van der Waals surface area contributed by atoms with Crippen LogP contribution in [0.1, 0.15) is 54.9 Å². The average Bonchev–Trinajstić information content (AvgIpc) is 2.38. The second kappa shape index (κ2) is 5.88. The number of hydrogen-bond donors (Lipinski definition) is 0. The molecule has 1 aromatic carbocycles. The molecule has 2 rings (SSSR count). The standard InChI is InChI=1S/C16H21ClO/c1-3-12-5-4-6-13(10-12)16(18)14-8-7-11(2)9-15(14)17/h7-9,12-13H,3-6,10H2,1-2H3. The molecule has 0 aliphatic heterocycles. The van der Waals surface area contributed by atoms with Gasteiger partial charge in [0.05, 0.1) is 5.02 Å². The highest BCUT2D eigenvalue weighted by Crippen LogP contribution is 2.34. The minimum absolute atomic E-state index is 0.184. The van der Waals surface area contributed by atoms with Crippen LogP contribution in [0, 0.1) is 18.8 Å². The summed E-state index contributed by atoms with van der Waals surface area (Å²) in [5.74, 6) is 1.15. The van der Waals surface area contributed by atoms with Crippen molar-refractivity contribution in [1.29, 1.82) is 0 Å². The molecule has 0 heterocycles. The topological polar surface area (TPSA) is 17.1 Å². The van der Waals surface area contributed by atoms with E-state index in [4.69, 9.17) is 11.6 Å². The SMILES string of the molecule is CCC1CCCC(C(=O)c2ccc(C)cc2Cl)C1. The molecule has 0 aromatic heterocycles. The van der Waals surface area contributed by atoms with Crippen molar-refractivity contribution in [3.63, 3.8) is 0 Å². The quantitative estimate of drug-likeness (QED) is 0.699. The Kier molecular flexibility index (Phi) is 4.45. The summed E-state index contributed by atoms with van der Waals surface area (Å²) in [7, 11) is 0. The third-order valence-electron chi connectivity index (χ3n) is 4.12. The maximum absolute atomic E-state index is 12.5. The second-order valence-corrected chi connectivity index (χ2v) is 5.89. The van der Waals surface area contributed by atoms with Gasteiger partial charge in [-0.25, -0.2) is 0 Å². The van der Waals surface area contributed by atoms with Crippen LogP contribution in [-0.2, 0) is 0 Å². The molecule has 1 saturated carbocycles. The Bertz CT molecular complexity index is 439. The van der Waals surface area contributed by atoms with Crippen LogP contribution in [0.25, 0.3) is 0 Å². The van der Waals surface area contributed by atoms with Gasteiger partial charge in [-0.3, -0.25) is 4.79 Å². The molecule has 2 heteroatoms. The monoisotopic (exact) mass is 264 g/mol. The zero-order valence-electron chi connectivity index (χ0n) is 11.2. The van der Waals surface area contributed by atoms with E-state index in [1.54, 1.807) is 0 Å². The number of rotatable bonds is 3. The number of hydrogen-bond acceptors (Lipinski definition) is 1. The van der Waals surface area contributed by atoms with E-state index in [0.717, 1.165) is 24.3 Å². The smallest absolute Gasteiger partial charge is 0.167 e. The predicted octanol–water partition coefficient (Wildman–Crippen LogP) is 5.05. The molecule has 98 valence electrons. The van der Waals surface area contributed by atoms with E-state index in [1.807, 2.05) is 25.1 Å². The van der Waals surface area contributed by atoms with Gasteiger partial charge in [0.15, 0.2) is 5.78 Å². The van der Waals surface area contributed by atoms with Crippen LogP contribution in [0.4, 0.5) is 0 Å².